The van der Waals surface area contributed by atoms with Gasteiger partial charge in [0.05, 0.1) is 6.42 Å². The Morgan fingerprint density at radius 3 is 2.52 bits per heavy atom. The number of carbonyl (C=O) groups is 3. The van der Waals surface area contributed by atoms with Gasteiger partial charge in [-0.15, -0.1) is 0 Å². The largest absolute Gasteiger partial charge is 0.399 e. The van der Waals surface area contributed by atoms with Crippen LogP contribution >= 0.6 is 0 Å². The summed E-state index contributed by atoms with van der Waals surface area (Å²) in [4.78, 5) is 36.2. The zero-order chi connectivity index (χ0) is 15.6. The molecule has 1 aromatic carbocycles. The van der Waals surface area contributed by atoms with Crippen molar-refractivity contribution in [2.75, 3.05) is 12.8 Å². The second-order valence-electron chi connectivity index (χ2n) is 5.39. The fourth-order valence-electron chi connectivity index (χ4n) is 2.34. The van der Waals surface area contributed by atoms with E-state index in [4.69, 9.17) is 5.73 Å². The van der Waals surface area contributed by atoms with E-state index in [0.29, 0.717) is 5.69 Å². The van der Waals surface area contributed by atoms with E-state index < -0.39 is 6.04 Å². The molecule has 1 saturated heterocycles. The van der Waals surface area contributed by atoms with Crippen molar-refractivity contribution in [1.82, 2.24) is 10.2 Å². The lowest BCUT2D eigenvalue weighted by atomic mass is 9.97. The van der Waals surface area contributed by atoms with Gasteiger partial charge in [0.1, 0.15) is 6.04 Å². The number of likely N-dealkylation sites (N-methyl/N-ethyl adjacent to an activating group) is 1. The van der Waals surface area contributed by atoms with E-state index >= 15 is 0 Å². The molecular formula is C15H19N3O3. The van der Waals surface area contributed by atoms with Crippen LogP contribution in [0, 0.1) is 0 Å². The Kier molecular flexibility index (Phi) is 4.26. The molecule has 0 spiro atoms. The average molecular weight is 289 g/mol. The van der Waals surface area contributed by atoms with Gasteiger partial charge in [-0.25, -0.2) is 0 Å². The van der Waals surface area contributed by atoms with E-state index in [9.17, 15) is 14.4 Å². The number of benzene rings is 1. The van der Waals surface area contributed by atoms with Crippen molar-refractivity contribution in [3.05, 3.63) is 29.8 Å². The first kappa shape index (κ1) is 15.0. The standard InChI is InChI=1S/C15H19N3O3/c1-9(10-3-5-11(16)6-4-10)7-13(19)17-12-8-14(20)18(2)15(12)21/h3-6,9,12H,7-8,16H2,1-2H3,(H,17,19). The second-order valence-corrected chi connectivity index (χ2v) is 5.39. The van der Waals surface area contributed by atoms with Crippen molar-refractivity contribution in [3.63, 3.8) is 0 Å². The summed E-state index contributed by atoms with van der Waals surface area (Å²) in [7, 11) is 1.42. The van der Waals surface area contributed by atoms with Gasteiger partial charge < -0.3 is 11.1 Å². The molecule has 2 rings (SSSR count). The molecule has 112 valence electrons. The van der Waals surface area contributed by atoms with Gasteiger partial charge in [-0.1, -0.05) is 19.1 Å². The van der Waals surface area contributed by atoms with Crippen LogP contribution in [0.4, 0.5) is 5.69 Å². The third-order valence-electron chi connectivity index (χ3n) is 3.71. The zero-order valence-electron chi connectivity index (χ0n) is 12.1. The Bertz CT molecular complexity index is 568. The highest BCUT2D eigenvalue weighted by atomic mass is 16.2. The number of carbonyl (C=O) groups excluding carboxylic acids is 3. The van der Waals surface area contributed by atoms with Gasteiger partial charge >= 0.3 is 0 Å². The molecule has 0 saturated carbocycles. The molecule has 6 nitrogen and oxygen atoms in total. The minimum atomic E-state index is -0.728. The highest BCUT2D eigenvalue weighted by molar-refractivity contribution is 6.06. The van der Waals surface area contributed by atoms with Crippen LogP contribution in [-0.4, -0.2) is 35.7 Å². The lowest BCUT2D eigenvalue weighted by Gasteiger charge is -2.15. The van der Waals surface area contributed by atoms with Crippen molar-refractivity contribution in [3.8, 4) is 0 Å². The molecule has 0 bridgehead atoms. The number of imide groups is 1. The summed E-state index contributed by atoms with van der Waals surface area (Å²) in [5, 5.41) is 2.63. The number of hydrogen-bond donors (Lipinski definition) is 2. The van der Waals surface area contributed by atoms with Crippen LogP contribution in [0.3, 0.4) is 0 Å². The van der Waals surface area contributed by atoms with Gasteiger partial charge in [-0.2, -0.15) is 0 Å². The zero-order valence-corrected chi connectivity index (χ0v) is 12.1. The van der Waals surface area contributed by atoms with E-state index in [1.54, 1.807) is 12.1 Å². The third kappa shape index (κ3) is 3.39. The fraction of sp³-hybridized carbons (Fsp3) is 0.400. The molecule has 3 amide bonds. The van der Waals surface area contributed by atoms with E-state index in [1.807, 2.05) is 19.1 Å². The molecule has 3 N–H and O–H groups in total. The maximum absolute atomic E-state index is 12.0. The van der Waals surface area contributed by atoms with Gasteiger partial charge in [0.2, 0.25) is 11.8 Å². The molecule has 1 aromatic rings. The number of amides is 3. The molecule has 1 aliphatic rings. The van der Waals surface area contributed by atoms with Gasteiger partial charge in [0.15, 0.2) is 0 Å². The minimum Gasteiger partial charge on any atom is -0.399 e. The number of nitrogens with zero attached hydrogens (tertiary/aromatic N) is 1. The Balaban J connectivity index is 1.91. The van der Waals surface area contributed by atoms with Crippen LogP contribution in [0.5, 0.6) is 0 Å². The first-order valence-electron chi connectivity index (χ1n) is 6.83. The maximum Gasteiger partial charge on any atom is 0.252 e. The summed E-state index contributed by atoms with van der Waals surface area (Å²) in [6.45, 7) is 1.93. The number of hydrogen-bond acceptors (Lipinski definition) is 4. The number of nitrogen functional groups attached to an aromatic ring is 1. The predicted molar refractivity (Wildman–Crippen MR) is 78.2 cm³/mol. The molecular weight excluding hydrogens is 270 g/mol. The molecule has 0 aromatic heterocycles. The van der Waals surface area contributed by atoms with Crippen LogP contribution in [0.2, 0.25) is 0 Å². The van der Waals surface area contributed by atoms with Crippen LogP contribution in [0.25, 0.3) is 0 Å². The molecule has 1 heterocycles. The average Bonchev–Trinajstić information content (AvgIpc) is 2.67. The monoisotopic (exact) mass is 289 g/mol. The Morgan fingerprint density at radius 2 is 2.00 bits per heavy atom. The summed E-state index contributed by atoms with van der Waals surface area (Å²) in [5.41, 5.74) is 7.30. The SMILES string of the molecule is CC(CC(=O)NC1CC(=O)N(C)C1=O)c1ccc(N)cc1. The lowest BCUT2D eigenvalue weighted by Crippen LogP contribution is -2.40. The molecule has 0 radical (unpaired) electrons. The summed E-state index contributed by atoms with van der Waals surface area (Å²) in [6.07, 6.45) is 0.295. The van der Waals surface area contributed by atoms with Gasteiger partial charge in [0.25, 0.3) is 5.91 Å². The number of nitrogens with two attached hydrogens (primary N) is 1. The Morgan fingerprint density at radius 1 is 1.38 bits per heavy atom. The fourth-order valence-corrected chi connectivity index (χ4v) is 2.34. The highest BCUT2D eigenvalue weighted by Gasteiger charge is 2.36. The predicted octanol–water partition coefficient (Wildman–Crippen LogP) is 0.636. The van der Waals surface area contributed by atoms with Crippen molar-refractivity contribution in [2.45, 2.75) is 31.7 Å². The van der Waals surface area contributed by atoms with Crippen LogP contribution in [0.1, 0.15) is 31.2 Å². The molecule has 21 heavy (non-hydrogen) atoms. The maximum atomic E-state index is 12.0. The van der Waals surface area contributed by atoms with Gasteiger partial charge in [-0.05, 0) is 23.6 Å². The van der Waals surface area contributed by atoms with E-state index in [-0.39, 0.29) is 36.5 Å². The first-order chi connectivity index (χ1) is 9.88. The Hall–Kier alpha value is -2.37. The van der Waals surface area contributed by atoms with E-state index in [2.05, 4.69) is 5.32 Å². The lowest BCUT2D eigenvalue weighted by molar-refractivity contribution is -0.138. The smallest absolute Gasteiger partial charge is 0.252 e. The number of nitrogens with one attached hydrogen (secondary N) is 1. The molecule has 1 fully saturated rings. The summed E-state index contributed by atoms with van der Waals surface area (Å²) < 4.78 is 0. The quantitative estimate of drug-likeness (QED) is 0.628. The van der Waals surface area contributed by atoms with Crippen LogP contribution in [0.15, 0.2) is 24.3 Å². The topological polar surface area (TPSA) is 92.5 Å². The molecule has 0 aliphatic carbocycles. The molecule has 1 aliphatic heterocycles. The van der Waals surface area contributed by atoms with Crippen molar-refractivity contribution >= 4 is 23.4 Å². The summed E-state index contributed by atoms with van der Waals surface area (Å²) in [6, 6.07) is 6.61. The minimum absolute atomic E-state index is 0.00976. The third-order valence-corrected chi connectivity index (χ3v) is 3.71. The molecule has 6 heteroatoms. The van der Waals surface area contributed by atoms with Crippen molar-refractivity contribution < 1.29 is 14.4 Å². The number of likely N-dealkylation sites (tertiary alicyclic amines) is 1. The molecule has 2 atom stereocenters. The highest BCUT2D eigenvalue weighted by Crippen LogP contribution is 2.20. The summed E-state index contributed by atoms with van der Waals surface area (Å²) >= 11 is 0. The number of rotatable bonds is 4. The van der Waals surface area contributed by atoms with Gasteiger partial charge in [0, 0.05) is 19.2 Å². The Labute approximate surface area is 123 Å². The first-order valence-corrected chi connectivity index (χ1v) is 6.83. The van der Waals surface area contributed by atoms with Gasteiger partial charge in [-0.3, -0.25) is 19.3 Å². The second kappa shape index (κ2) is 5.95. The van der Waals surface area contributed by atoms with Crippen LogP contribution < -0.4 is 11.1 Å². The van der Waals surface area contributed by atoms with Crippen LogP contribution in [-0.2, 0) is 14.4 Å². The van der Waals surface area contributed by atoms with E-state index in [0.717, 1.165) is 10.5 Å². The van der Waals surface area contributed by atoms with Crippen molar-refractivity contribution in [2.24, 2.45) is 0 Å². The molecule has 2 unspecified atom stereocenters. The number of anilines is 1. The van der Waals surface area contributed by atoms with E-state index in [1.165, 1.54) is 7.05 Å². The summed E-state index contributed by atoms with van der Waals surface area (Å²) in [5.74, 6) is -0.846. The normalized spacial score (nSPS) is 19.7. The van der Waals surface area contributed by atoms with Crippen molar-refractivity contribution in [1.29, 1.82) is 0 Å².